The normalized spacial score (nSPS) is 12.2. The number of aromatic nitrogens is 1. The summed E-state index contributed by atoms with van der Waals surface area (Å²) >= 11 is 0. The first-order valence-electron chi connectivity index (χ1n) is 6.65. The molecule has 3 nitrogen and oxygen atoms in total. The summed E-state index contributed by atoms with van der Waals surface area (Å²) in [5, 5.41) is 2.86. The molecule has 5 heteroatoms. The van der Waals surface area contributed by atoms with Crippen molar-refractivity contribution in [1.29, 1.82) is 0 Å². The van der Waals surface area contributed by atoms with E-state index in [-0.39, 0.29) is 29.2 Å². The first-order chi connectivity index (χ1) is 9.97. The van der Waals surface area contributed by atoms with Crippen molar-refractivity contribution < 1.29 is 13.6 Å². The fraction of sp³-hybridized carbons (Fsp3) is 0.250. The van der Waals surface area contributed by atoms with Crippen LogP contribution in [0.15, 0.2) is 42.6 Å². The molecule has 110 valence electrons. The second-order valence-electron chi connectivity index (χ2n) is 5.12. The summed E-state index contributed by atoms with van der Waals surface area (Å²) in [4.78, 5) is 15.6. The molecule has 1 aromatic heterocycles. The second kappa shape index (κ2) is 6.43. The zero-order valence-electron chi connectivity index (χ0n) is 11.8. The monoisotopic (exact) mass is 290 g/mol. The van der Waals surface area contributed by atoms with Gasteiger partial charge in [-0.25, -0.2) is 9.37 Å². The van der Waals surface area contributed by atoms with Crippen LogP contribution in [0, 0.1) is 17.7 Å². The Morgan fingerprint density at radius 2 is 1.76 bits per heavy atom. The Kier molecular flexibility index (Phi) is 4.62. The smallest absolute Gasteiger partial charge is 0.253 e. The van der Waals surface area contributed by atoms with E-state index in [2.05, 4.69) is 10.3 Å². The van der Waals surface area contributed by atoms with Gasteiger partial charge in [0.1, 0.15) is 5.82 Å². The number of hydrogen-bond acceptors (Lipinski definition) is 2. The number of rotatable bonds is 4. The summed E-state index contributed by atoms with van der Waals surface area (Å²) in [5.74, 6) is -1.18. The maximum atomic E-state index is 13.0. The number of benzene rings is 1. The minimum Gasteiger partial charge on any atom is -0.345 e. The fourth-order valence-corrected chi connectivity index (χ4v) is 2.04. The Hall–Kier alpha value is -2.30. The van der Waals surface area contributed by atoms with Crippen LogP contribution in [0.3, 0.4) is 0 Å². The van der Waals surface area contributed by atoms with Crippen LogP contribution in [-0.4, -0.2) is 10.9 Å². The van der Waals surface area contributed by atoms with Crippen LogP contribution < -0.4 is 5.32 Å². The third-order valence-electron chi connectivity index (χ3n) is 3.17. The zero-order chi connectivity index (χ0) is 15.4. The Labute approximate surface area is 122 Å². The number of hydrogen-bond donors (Lipinski definition) is 1. The highest BCUT2D eigenvalue weighted by Crippen LogP contribution is 2.22. The van der Waals surface area contributed by atoms with Crippen molar-refractivity contribution in [2.75, 3.05) is 0 Å². The summed E-state index contributed by atoms with van der Waals surface area (Å²) < 4.78 is 25.8. The summed E-state index contributed by atoms with van der Waals surface area (Å²) in [6.45, 7) is 3.91. The van der Waals surface area contributed by atoms with E-state index in [0.717, 1.165) is 11.6 Å². The lowest BCUT2D eigenvalue weighted by atomic mass is 9.95. The van der Waals surface area contributed by atoms with E-state index in [1.54, 1.807) is 12.1 Å². The van der Waals surface area contributed by atoms with Crippen LogP contribution in [-0.2, 0) is 0 Å². The first-order valence-corrected chi connectivity index (χ1v) is 6.65. The van der Waals surface area contributed by atoms with Crippen LogP contribution in [0.5, 0.6) is 0 Å². The van der Waals surface area contributed by atoms with Crippen LogP contribution in [0.1, 0.15) is 35.8 Å². The largest absolute Gasteiger partial charge is 0.345 e. The van der Waals surface area contributed by atoms with E-state index in [0.29, 0.717) is 0 Å². The predicted molar refractivity (Wildman–Crippen MR) is 75.6 cm³/mol. The molecule has 1 atom stereocenters. The van der Waals surface area contributed by atoms with E-state index < -0.39 is 5.95 Å². The molecule has 0 aliphatic rings. The van der Waals surface area contributed by atoms with Gasteiger partial charge in [0.05, 0.1) is 11.6 Å². The van der Waals surface area contributed by atoms with Gasteiger partial charge in [0.25, 0.3) is 5.91 Å². The molecule has 1 N–H and O–H groups in total. The number of pyridine rings is 1. The van der Waals surface area contributed by atoms with Crippen LogP contribution in [0.2, 0.25) is 0 Å². The molecule has 0 fully saturated rings. The summed E-state index contributed by atoms with van der Waals surface area (Å²) in [5.41, 5.74) is 1.10. The topological polar surface area (TPSA) is 42.0 Å². The number of nitrogens with one attached hydrogen (secondary N) is 1. The van der Waals surface area contributed by atoms with Crippen LogP contribution >= 0.6 is 0 Å². The fourth-order valence-electron chi connectivity index (χ4n) is 2.04. The molecular formula is C16H16F2N2O. The molecular weight excluding hydrogens is 274 g/mol. The Morgan fingerprint density at radius 3 is 2.29 bits per heavy atom. The molecule has 1 unspecified atom stereocenters. The molecule has 2 aromatic rings. The molecule has 0 saturated carbocycles. The van der Waals surface area contributed by atoms with Gasteiger partial charge in [-0.1, -0.05) is 26.0 Å². The summed E-state index contributed by atoms with van der Waals surface area (Å²) in [6, 6.07) is 8.25. The van der Waals surface area contributed by atoms with Crippen molar-refractivity contribution in [3.05, 3.63) is 65.5 Å². The Balaban J connectivity index is 2.18. The van der Waals surface area contributed by atoms with Gasteiger partial charge >= 0.3 is 0 Å². The van der Waals surface area contributed by atoms with Gasteiger partial charge in [-0.3, -0.25) is 4.79 Å². The molecule has 0 spiro atoms. The second-order valence-corrected chi connectivity index (χ2v) is 5.12. The Morgan fingerprint density at radius 1 is 1.10 bits per heavy atom. The van der Waals surface area contributed by atoms with Crippen molar-refractivity contribution >= 4 is 5.91 Å². The first kappa shape index (κ1) is 15.1. The van der Waals surface area contributed by atoms with Gasteiger partial charge < -0.3 is 5.32 Å². The van der Waals surface area contributed by atoms with Crippen molar-refractivity contribution in [3.8, 4) is 0 Å². The molecule has 2 rings (SSSR count). The van der Waals surface area contributed by atoms with E-state index in [1.165, 1.54) is 24.4 Å². The minimum atomic E-state index is -0.634. The minimum absolute atomic E-state index is 0.118. The molecule has 1 heterocycles. The van der Waals surface area contributed by atoms with Crippen molar-refractivity contribution in [2.45, 2.75) is 19.9 Å². The third-order valence-corrected chi connectivity index (χ3v) is 3.17. The molecule has 0 bridgehead atoms. The van der Waals surface area contributed by atoms with E-state index in [4.69, 9.17) is 0 Å². The highest BCUT2D eigenvalue weighted by molar-refractivity contribution is 5.94. The number of halogens is 2. The molecule has 0 radical (unpaired) electrons. The van der Waals surface area contributed by atoms with Gasteiger partial charge in [-0.15, -0.1) is 0 Å². The highest BCUT2D eigenvalue weighted by Gasteiger charge is 2.19. The molecule has 1 amide bonds. The predicted octanol–water partition coefficient (Wildman–Crippen LogP) is 3.49. The SMILES string of the molecule is CC(C)C(NC(=O)c1ccc(F)nc1)c1ccc(F)cc1. The lowest BCUT2D eigenvalue weighted by molar-refractivity contribution is 0.0925. The molecule has 0 aliphatic carbocycles. The van der Waals surface area contributed by atoms with Crippen LogP contribution in [0.25, 0.3) is 0 Å². The average molecular weight is 290 g/mol. The van der Waals surface area contributed by atoms with Gasteiger partial charge in [0.15, 0.2) is 0 Å². The number of carbonyl (C=O) groups is 1. The van der Waals surface area contributed by atoms with Crippen molar-refractivity contribution in [3.63, 3.8) is 0 Å². The zero-order valence-corrected chi connectivity index (χ0v) is 11.8. The van der Waals surface area contributed by atoms with Gasteiger partial charge in [0, 0.05) is 6.20 Å². The number of nitrogens with zero attached hydrogens (tertiary/aromatic N) is 1. The van der Waals surface area contributed by atoms with Crippen LogP contribution in [0.4, 0.5) is 8.78 Å². The third kappa shape index (κ3) is 3.84. The van der Waals surface area contributed by atoms with E-state index >= 15 is 0 Å². The lowest BCUT2D eigenvalue weighted by Crippen LogP contribution is -2.31. The molecule has 1 aromatic carbocycles. The Bertz CT molecular complexity index is 609. The van der Waals surface area contributed by atoms with E-state index in [9.17, 15) is 13.6 Å². The number of amides is 1. The van der Waals surface area contributed by atoms with E-state index in [1.807, 2.05) is 13.8 Å². The molecule has 0 aliphatic heterocycles. The lowest BCUT2D eigenvalue weighted by Gasteiger charge is -2.23. The maximum Gasteiger partial charge on any atom is 0.253 e. The van der Waals surface area contributed by atoms with Crippen molar-refractivity contribution in [2.24, 2.45) is 5.92 Å². The standard InChI is InChI=1S/C16H16F2N2O/c1-10(2)15(11-3-6-13(17)7-4-11)20-16(21)12-5-8-14(18)19-9-12/h3-10,15H,1-2H3,(H,20,21). The van der Waals surface area contributed by atoms with Gasteiger partial charge in [-0.2, -0.15) is 4.39 Å². The summed E-state index contributed by atoms with van der Waals surface area (Å²) in [7, 11) is 0. The average Bonchev–Trinajstić information content (AvgIpc) is 2.46. The van der Waals surface area contributed by atoms with Crippen molar-refractivity contribution in [1.82, 2.24) is 10.3 Å². The molecule has 21 heavy (non-hydrogen) atoms. The van der Waals surface area contributed by atoms with Gasteiger partial charge in [0.2, 0.25) is 5.95 Å². The van der Waals surface area contributed by atoms with Gasteiger partial charge in [-0.05, 0) is 35.7 Å². The quantitative estimate of drug-likeness (QED) is 0.876. The number of carbonyl (C=O) groups excluding carboxylic acids is 1. The summed E-state index contributed by atoms with van der Waals surface area (Å²) in [6.07, 6.45) is 1.19. The highest BCUT2D eigenvalue weighted by atomic mass is 19.1. The molecule has 0 saturated heterocycles. The maximum absolute atomic E-state index is 13.0.